The molecule has 1 N–H and O–H groups in total. The van der Waals surface area contributed by atoms with E-state index in [9.17, 15) is 0 Å². The zero-order valence-corrected chi connectivity index (χ0v) is 10.0. The van der Waals surface area contributed by atoms with Crippen molar-refractivity contribution in [3.05, 3.63) is 0 Å². The summed E-state index contributed by atoms with van der Waals surface area (Å²) in [5, 5.41) is 3.70. The summed E-state index contributed by atoms with van der Waals surface area (Å²) in [6.07, 6.45) is 9.82. The standard InChI is InChI=1S/C13H25NO/c1-2-3-13-10-12(7-9-15-13)14-8-6-11-4-5-11/h11-14H,2-10H2,1H3. The van der Waals surface area contributed by atoms with E-state index in [1.807, 2.05) is 0 Å². The van der Waals surface area contributed by atoms with Gasteiger partial charge in [-0.1, -0.05) is 26.2 Å². The number of rotatable bonds is 6. The zero-order chi connectivity index (χ0) is 10.5. The van der Waals surface area contributed by atoms with Crippen LogP contribution in [-0.4, -0.2) is 25.3 Å². The molecule has 0 spiro atoms. The topological polar surface area (TPSA) is 21.3 Å². The first kappa shape index (κ1) is 11.4. The number of hydrogen-bond acceptors (Lipinski definition) is 2. The van der Waals surface area contributed by atoms with Crippen molar-refractivity contribution in [3.63, 3.8) is 0 Å². The van der Waals surface area contributed by atoms with Gasteiger partial charge in [-0.25, -0.2) is 0 Å². The van der Waals surface area contributed by atoms with Gasteiger partial charge in [-0.05, 0) is 38.1 Å². The highest BCUT2D eigenvalue weighted by atomic mass is 16.5. The first-order chi connectivity index (χ1) is 7.38. The fourth-order valence-electron chi connectivity index (χ4n) is 2.49. The van der Waals surface area contributed by atoms with Gasteiger partial charge in [-0.15, -0.1) is 0 Å². The van der Waals surface area contributed by atoms with Gasteiger partial charge >= 0.3 is 0 Å². The van der Waals surface area contributed by atoms with Crippen molar-refractivity contribution in [2.24, 2.45) is 5.92 Å². The van der Waals surface area contributed by atoms with E-state index < -0.39 is 0 Å². The molecule has 1 saturated carbocycles. The summed E-state index contributed by atoms with van der Waals surface area (Å²) in [6.45, 7) is 4.44. The predicted molar refractivity (Wildman–Crippen MR) is 63.0 cm³/mol. The van der Waals surface area contributed by atoms with E-state index in [0.717, 1.165) is 18.6 Å². The Morgan fingerprint density at radius 1 is 1.20 bits per heavy atom. The molecule has 2 heteroatoms. The average Bonchev–Trinajstić information content (AvgIpc) is 3.03. The Balaban J connectivity index is 1.58. The molecule has 0 aromatic rings. The maximum Gasteiger partial charge on any atom is 0.0589 e. The summed E-state index contributed by atoms with van der Waals surface area (Å²) >= 11 is 0. The second kappa shape index (κ2) is 5.86. The van der Waals surface area contributed by atoms with Crippen LogP contribution in [0.2, 0.25) is 0 Å². The number of nitrogens with one attached hydrogen (secondary N) is 1. The summed E-state index contributed by atoms with van der Waals surface area (Å²) in [7, 11) is 0. The van der Waals surface area contributed by atoms with Gasteiger partial charge < -0.3 is 10.1 Å². The van der Waals surface area contributed by atoms with E-state index in [0.29, 0.717) is 6.10 Å². The molecular weight excluding hydrogens is 186 g/mol. The van der Waals surface area contributed by atoms with E-state index >= 15 is 0 Å². The van der Waals surface area contributed by atoms with E-state index in [1.165, 1.54) is 51.5 Å². The third-order valence-corrected chi connectivity index (χ3v) is 3.66. The maximum atomic E-state index is 5.75. The molecule has 1 aliphatic heterocycles. The molecule has 15 heavy (non-hydrogen) atoms. The predicted octanol–water partition coefficient (Wildman–Crippen LogP) is 2.72. The molecule has 0 radical (unpaired) electrons. The molecule has 1 saturated heterocycles. The van der Waals surface area contributed by atoms with Crippen LogP contribution in [0, 0.1) is 5.92 Å². The van der Waals surface area contributed by atoms with Gasteiger partial charge in [-0.2, -0.15) is 0 Å². The molecular formula is C13H25NO. The van der Waals surface area contributed by atoms with E-state index in [1.54, 1.807) is 0 Å². The second-order valence-corrected chi connectivity index (χ2v) is 5.19. The first-order valence-corrected chi connectivity index (χ1v) is 6.73. The van der Waals surface area contributed by atoms with Crippen LogP contribution in [-0.2, 0) is 4.74 Å². The van der Waals surface area contributed by atoms with Gasteiger partial charge in [0.25, 0.3) is 0 Å². The highest BCUT2D eigenvalue weighted by molar-refractivity contribution is 4.79. The monoisotopic (exact) mass is 211 g/mol. The van der Waals surface area contributed by atoms with Crippen LogP contribution in [0.5, 0.6) is 0 Å². The van der Waals surface area contributed by atoms with E-state index in [-0.39, 0.29) is 0 Å². The Morgan fingerprint density at radius 3 is 2.80 bits per heavy atom. The van der Waals surface area contributed by atoms with Gasteiger partial charge in [0.2, 0.25) is 0 Å². The highest BCUT2D eigenvalue weighted by Gasteiger charge is 2.23. The average molecular weight is 211 g/mol. The van der Waals surface area contributed by atoms with Crippen molar-refractivity contribution in [3.8, 4) is 0 Å². The molecule has 2 rings (SSSR count). The lowest BCUT2D eigenvalue weighted by Crippen LogP contribution is -2.39. The smallest absolute Gasteiger partial charge is 0.0589 e. The Morgan fingerprint density at radius 2 is 2.07 bits per heavy atom. The van der Waals surface area contributed by atoms with Crippen LogP contribution in [0.25, 0.3) is 0 Å². The highest BCUT2D eigenvalue weighted by Crippen LogP contribution is 2.31. The maximum absolute atomic E-state index is 5.75. The largest absolute Gasteiger partial charge is 0.378 e. The summed E-state index contributed by atoms with van der Waals surface area (Å²) < 4.78 is 5.75. The van der Waals surface area contributed by atoms with Crippen molar-refractivity contribution in [2.75, 3.05) is 13.2 Å². The Bertz CT molecular complexity index is 177. The van der Waals surface area contributed by atoms with Crippen LogP contribution >= 0.6 is 0 Å². The lowest BCUT2D eigenvalue weighted by atomic mass is 10.00. The van der Waals surface area contributed by atoms with Crippen LogP contribution in [0.3, 0.4) is 0 Å². The Labute approximate surface area is 93.8 Å². The molecule has 0 aromatic carbocycles. The third-order valence-electron chi connectivity index (χ3n) is 3.66. The van der Waals surface area contributed by atoms with Gasteiger partial charge in [0.05, 0.1) is 6.10 Å². The molecule has 2 unspecified atom stereocenters. The first-order valence-electron chi connectivity index (χ1n) is 6.73. The minimum absolute atomic E-state index is 0.530. The van der Waals surface area contributed by atoms with Crippen molar-refractivity contribution < 1.29 is 4.74 Å². The molecule has 2 fully saturated rings. The molecule has 0 bridgehead atoms. The molecule has 2 aliphatic rings. The zero-order valence-electron chi connectivity index (χ0n) is 10.0. The summed E-state index contributed by atoms with van der Waals surface area (Å²) in [6, 6.07) is 0.731. The molecule has 1 aliphatic carbocycles. The van der Waals surface area contributed by atoms with E-state index in [4.69, 9.17) is 4.74 Å². The summed E-state index contributed by atoms with van der Waals surface area (Å²) in [5.74, 6) is 1.06. The fraction of sp³-hybridized carbons (Fsp3) is 1.00. The van der Waals surface area contributed by atoms with Gasteiger partial charge in [0.15, 0.2) is 0 Å². The Hall–Kier alpha value is -0.0800. The van der Waals surface area contributed by atoms with E-state index in [2.05, 4.69) is 12.2 Å². The normalized spacial score (nSPS) is 31.8. The van der Waals surface area contributed by atoms with Gasteiger partial charge in [0, 0.05) is 12.6 Å². The minimum Gasteiger partial charge on any atom is -0.378 e. The minimum atomic E-state index is 0.530. The van der Waals surface area contributed by atoms with Crippen LogP contribution in [0.15, 0.2) is 0 Å². The molecule has 2 nitrogen and oxygen atoms in total. The molecule has 0 amide bonds. The molecule has 2 atom stereocenters. The second-order valence-electron chi connectivity index (χ2n) is 5.19. The lowest BCUT2D eigenvalue weighted by Gasteiger charge is -2.30. The quantitative estimate of drug-likeness (QED) is 0.729. The van der Waals surface area contributed by atoms with Crippen molar-refractivity contribution in [2.45, 2.75) is 64.0 Å². The van der Waals surface area contributed by atoms with Crippen LogP contribution < -0.4 is 5.32 Å². The third kappa shape index (κ3) is 4.12. The summed E-state index contributed by atoms with van der Waals surface area (Å²) in [4.78, 5) is 0. The molecule has 88 valence electrons. The SMILES string of the molecule is CCCC1CC(NCCC2CC2)CCO1. The number of hydrogen-bond donors (Lipinski definition) is 1. The van der Waals surface area contributed by atoms with Crippen LogP contribution in [0.1, 0.15) is 51.9 Å². The van der Waals surface area contributed by atoms with Crippen molar-refractivity contribution >= 4 is 0 Å². The van der Waals surface area contributed by atoms with Gasteiger partial charge in [0.1, 0.15) is 0 Å². The molecule has 1 heterocycles. The Kier molecular flexibility index (Phi) is 4.45. The van der Waals surface area contributed by atoms with Gasteiger partial charge in [-0.3, -0.25) is 0 Å². The summed E-state index contributed by atoms with van der Waals surface area (Å²) in [5.41, 5.74) is 0. The van der Waals surface area contributed by atoms with Crippen molar-refractivity contribution in [1.29, 1.82) is 0 Å². The fourth-order valence-corrected chi connectivity index (χ4v) is 2.49. The lowest BCUT2D eigenvalue weighted by molar-refractivity contribution is -0.00314. The van der Waals surface area contributed by atoms with Crippen LogP contribution in [0.4, 0.5) is 0 Å². The number of ether oxygens (including phenoxy) is 1. The molecule has 0 aromatic heterocycles. The van der Waals surface area contributed by atoms with Crippen molar-refractivity contribution in [1.82, 2.24) is 5.32 Å².